The topological polar surface area (TPSA) is 78.7 Å². The molecule has 1 aliphatic heterocycles. The number of aryl methyl sites for hydroxylation is 1. The summed E-state index contributed by atoms with van der Waals surface area (Å²) in [6.45, 7) is 4.66. The first-order chi connectivity index (χ1) is 15.0. The summed E-state index contributed by atoms with van der Waals surface area (Å²) in [5.74, 6) is 2.62. The van der Waals surface area contributed by atoms with Crippen molar-refractivity contribution in [2.75, 3.05) is 26.2 Å². The smallest absolute Gasteiger partial charge is 0.125 e. The number of nitrogens with zero attached hydrogens (tertiary/aromatic N) is 3. The van der Waals surface area contributed by atoms with Gasteiger partial charge in [0.1, 0.15) is 24.3 Å². The standard InChI is InChI=1S/C25H29N3O3/c1-16-26-10-20(11-27-16)25-9-23(8-17-4-2-3-5-24(17)25)31-15-22(30)14-28-12-18-6-21(29)7-19(18)13-28/h2-5,8-11,18-19,21-22,29-30H,6-7,12-15H2,1H3/t18-,19+,21?,22?. The lowest BCUT2D eigenvalue weighted by Gasteiger charge is -2.21. The molecule has 2 fully saturated rings. The van der Waals surface area contributed by atoms with Crippen LogP contribution in [0.1, 0.15) is 18.7 Å². The lowest BCUT2D eigenvalue weighted by molar-refractivity contribution is 0.0708. The van der Waals surface area contributed by atoms with Gasteiger partial charge in [0.25, 0.3) is 0 Å². The minimum absolute atomic E-state index is 0.133. The van der Waals surface area contributed by atoms with Crippen LogP contribution < -0.4 is 4.74 Å². The third-order valence-electron chi connectivity index (χ3n) is 6.64. The first-order valence-corrected chi connectivity index (χ1v) is 11.1. The fourth-order valence-electron chi connectivity index (χ4n) is 5.19. The Labute approximate surface area is 182 Å². The predicted octanol–water partition coefficient (Wildman–Crippen LogP) is 3.05. The molecule has 1 aliphatic carbocycles. The Morgan fingerprint density at radius 2 is 1.81 bits per heavy atom. The van der Waals surface area contributed by atoms with Gasteiger partial charge in [-0.2, -0.15) is 0 Å². The van der Waals surface area contributed by atoms with Crippen LogP contribution in [-0.4, -0.2) is 63.5 Å². The van der Waals surface area contributed by atoms with Crippen molar-refractivity contribution in [1.82, 2.24) is 14.9 Å². The van der Waals surface area contributed by atoms with Crippen molar-refractivity contribution in [1.29, 1.82) is 0 Å². The lowest BCUT2D eigenvalue weighted by Crippen LogP contribution is -2.35. The second-order valence-electron chi connectivity index (χ2n) is 9.04. The molecule has 3 aromatic rings. The van der Waals surface area contributed by atoms with Crippen molar-refractivity contribution in [3.05, 3.63) is 54.6 Å². The average Bonchev–Trinajstić information content (AvgIpc) is 3.28. The highest BCUT2D eigenvalue weighted by molar-refractivity contribution is 5.97. The van der Waals surface area contributed by atoms with Gasteiger partial charge < -0.3 is 19.8 Å². The first-order valence-electron chi connectivity index (χ1n) is 11.1. The van der Waals surface area contributed by atoms with Gasteiger partial charge in [-0.05, 0) is 60.1 Å². The van der Waals surface area contributed by atoms with Gasteiger partial charge in [0.05, 0.1) is 6.10 Å². The largest absolute Gasteiger partial charge is 0.491 e. The predicted molar refractivity (Wildman–Crippen MR) is 120 cm³/mol. The van der Waals surface area contributed by atoms with Crippen LogP contribution in [0.15, 0.2) is 48.8 Å². The van der Waals surface area contributed by atoms with Crippen molar-refractivity contribution >= 4 is 10.8 Å². The molecule has 0 radical (unpaired) electrons. The second-order valence-corrected chi connectivity index (χ2v) is 9.04. The quantitative estimate of drug-likeness (QED) is 0.639. The molecule has 5 rings (SSSR count). The molecule has 1 saturated carbocycles. The number of hydrogen-bond acceptors (Lipinski definition) is 6. The molecule has 6 nitrogen and oxygen atoms in total. The van der Waals surface area contributed by atoms with E-state index in [1.165, 1.54) is 0 Å². The third-order valence-corrected chi connectivity index (χ3v) is 6.64. The molecule has 2 heterocycles. The van der Waals surface area contributed by atoms with Crippen molar-refractivity contribution < 1.29 is 14.9 Å². The van der Waals surface area contributed by atoms with Crippen LogP contribution >= 0.6 is 0 Å². The number of fused-ring (bicyclic) bond motifs is 2. The number of β-amino-alcohol motifs (C(OH)–C–C–N with tert-alkyl or cyclic N) is 1. The van der Waals surface area contributed by atoms with Gasteiger partial charge in [0, 0.05) is 37.6 Å². The van der Waals surface area contributed by atoms with Crippen molar-refractivity contribution in [2.24, 2.45) is 11.8 Å². The Morgan fingerprint density at radius 1 is 1.10 bits per heavy atom. The molecule has 2 N–H and O–H groups in total. The van der Waals surface area contributed by atoms with E-state index in [0.717, 1.165) is 59.4 Å². The summed E-state index contributed by atoms with van der Waals surface area (Å²) >= 11 is 0. The zero-order valence-corrected chi connectivity index (χ0v) is 17.8. The molecule has 0 amide bonds. The maximum absolute atomic E-state index is 10.6. The summed E-state index contributed by atoms with van der Waals surface area (Å²) in [5, 5.41) is 22.6. The normalized spacial score (nSPS) is 24.4. The average molecular weight is 420 g/mol. The molecule has 162 valence electrons. The van der Waals surface area contributed by atoms with Gasteiger partial charge in [-0.15, -0.1) is 0 Å². The summed E-state index contributed by atoms with van der Waals surface area (Å²) in [6, 6.07) is 12.2. The fraction of sp³-hybridized carbons (Fsp3) is 0.440. The minimum Gasteiger partial charge on any atom is -0.491 e. The summed E-state index contributed by atoms with van der Waals surface area (Å²) in [5.41, 5.74) is 1.96. The summed E-state index contributed by atoms with van der Waals surface area (Å²) in [6.07, 6.45) is 4.79. The third kappa shape index (κ3) is 4.42. The van der Waals surface area contributed by atoms with Gasteiger partial charge >= 0.3 is 0 Å². The lowest BCUT2D eigenvalue weighted by atomic mass is 10.00. The molecule has 1 aromatic heterocycles. The van der Waals surface area contributed by atoms with Crippen molar-refractivity contribution in [3.63, 3.8) is 0 Å². The Balaban J connectivity index is 1.28. The minimum atomic E-state index is -0.554. The molecule has 0 bridgehead atoms. The van der Waals surface area contributed by atoms with Crippen LogP contribution in [0.25, 0.3) is 21.9 Å². The highest BCUT2D eigenvalue weighted by Gasteiger charge is 2.40. The van der Waals surface area contributed by atoms with Gasteiger partial charge in [-0.3, -0.25) is 0 Å². The molecular weight excluding hydrogens is 390 g/mol. The van der Waals surface area contributed by atoms with Gasteiger partial charge in [-0.1, -0.05) is 24.3 Å². The highest BCUT2D eigenvalue weighted by Crippen LogP contribution is 2.38. The Bertz CT molecular complexity index is 1040. The first kappa shape index (κ1) is 20.4. The number of aliphatic hydroxyl groups is 2. The molecule has 0 spiro atoms. The summed E-state index contributed by atoms with van der Waals surface area (Å²) in [4.78, 5) is 11.0. The van der Waals surface area contributed by atoms with E-state index in [1.807, 2.05) is 43.6 Å². The Hall–Kier alpha value is -2.54. The number of rotatable bonds is 6. The number of ether oxygens (including phenoxy) is 1. The Morgan fingerprint density at radius 3 is 2.55 bits per heavy atom. The summed E-state index contributed by atoms with van der Waals surface area (Å²) < 4.78 is 6.03. The van der Waals surface area contributed by atoms with Crippen LogP contribution in [0.4, 0.5) is 0 Å². The van der Waals surface area contributed by atoms with Crippen molar-refractivity contribution in [3.8, 4) is 16.9 Å². The maximum atomic E-state index is 10.6. The number of likely N-dealkylation sites (tertiary alicyclic amines) is 1. The fourth-order valence-corrected chi connectivity index (χ4v) is 5.19. The second kappa shape index (κ2) is 8.54. The van der Waals surface area contributed by atoms with Crippen LogP contribution in [0.5, 0.6) is 5.75 Å². The zero-order valence-electron chi connectivity index (χ0n) is 17.8. The molecule has 4 atom stereocenters. The van der Waals surface area contributed by atoms with E-state index in [0.29, 0.717) is 18.4 Å². The van der Waals surface area contributed by atoms with Gasteiger partial charge in [-0.25, -0.2) is 9.97 Å². The molecule has 2 aliphatic rings. The number of hydrogen-bond donors (Lipinski definition) is 2. The van der Waals surface area contributed by atoms with Gasteiger partial charge in [0.15, 0.2) is 0 Å². The van der Waals surface area contributed by atoms with Crippen LogP contribution in [0.3, 0.4) is 0 Å². The SMILES string of the molecule is Cc1ncc(-c2cc(OCC(O)CN3C[C@H]4CC(O)C[C@H]4C3)cc3ccccc23)cn1. The maximum Gasteiger partial charge on any atom is 0.125 e. The number of aromatic nitrogens is 2. The van der Waals surface area contributed by atoms with E-state index in [1.54, 1.807) is 0 Å². The van der Waals surface area contributed by atoms with Crippen molar-refractivity contribution in [2.45, 2.75) is 32.0 Å². The zero-order chi connectivity index (χ0) is 21.4. The number of benzene rings is 2. The van der Waals surface area contributed by atoms with E-state index in [9.17, 15) is 10.2 Å². The molecule has 6 heteroatoms. The molecule has 2 aromatic carbocycles. The van der Waals surface area contributed by atoms with Crippen LogP contribution in [0, 0.1) is 18.8 Å². The molecule has 31 heavy (non-hydrogen) atoms. The highest BCUT2D eigenvalue weighted by atomic mass is 16.5. The molecule has 2 unspecified atom stereocenters. The van der Waals surface area contributed by atoms with E-state index in [2.05, 4.69) is 27.0 Å². The van der Waals surface area contributed by atoms with E-state index in [-0.39, 0.29) is 12.7 Å². The van der Waals surface area contributed by atoms with Crippen LogP contribution in [0.2, 0.25) is 0 Å². The van der Waals surface area contributed by atoms with Gasteiger partial charge in [0.2, 0.25) is 0 Å². The van der Waals surface area contributed by atoms with E-state index in [4.69, 9.17) is 4.74 Å². The molecular formula is C25H29N3O3. The summed E-state index contributed by atoms with van der Waals surface area (Å²) in [7, 11) is 0. The Kier molecular flexibility index (Phi) is 5.61. The van der Waals surface area contributed by atoms with E-state index >= 15 is 0 Å². The van der Waals surface area contributed by atoms with E-state index < -0.39 is 6.10 Å². The molecule has 1 saturated heterocycles. The number of aliphatic hydroxyl groups excluding tert-OH is 2. The van der Waals surface area contributed by atoms with Crippen LogP contribution in [-0.2, 0) is 0 Å². The monoisotopic (exact) mass is 419 g/mol.